The molecular formula is C22H31N7O2. The second-order valence-corrected chi connectivity index (χ2v) is 7.48. The van der Waals surface area contributed by atoms with Crippen molar-refractivity contribution in [2.75, 3.05) is 65.4 Å². The fourth-order valence-electron chi connectivity index (χ4n) is 3.24. The first-order valence-electron chi connectivity index (χ1n) is 10.4. The quantitative estimate of drug-likeness (QED) is 0.521. The van der Waals surface area contributed by atoms with Crippen LogP contribution in [0.15, 0.2) is 47.7 Å². The Morgan fingerprint density at radius 1 is 1.13 bits per heavy atom. The van der Waals surface area contributed by atoms with Crippen molar-refractivity contribution in [2.24, 2.45) is 4.99 Å². The van der Waals surface area contributed by atoms with E-state index in [0.717, 1.165) is 56.8 Å². The van der Waals surface area contributed by atoms with Crippen molar-refractivity contribution in [1.82, 2.24) is 25.1 Å². The zero-order valence-electron chi connectivity index (χ0n) is 18.5. The molecule has 2 aromatic rings. The highest BCUT2D eigenvalue weighted by molar-refractivity contribution is 5.85. The summed E-state index contributed by atoms with van der Waals surface area (Å²) in [5, 5.41) is 3.44. The van der Waals surface area contributed by atoms with Gasteiger partial charge in [0.05, 0.1) is 7.11 Å². The van der Waals surface area contributed by atoms with Gasteiger partial charge in [0, 0.05) is 59.2 Å². The molecule has 9 heteroatoms. The monoisotopic (exact) mass is 425 g/mol. The molecule has 1 saturated heterocycles. The van der Waals surface area contributed by atoms with E-state index in [4.69, 9.17) is 4.74 Å². The molecular weight excluding hydrogens is 394 g/mol. The number of methoxy groups -OCH3 is 1. The van der Waals surface area contributed by atoms with E-state index in [2.05, 4.69) is 42.2 Å². The lowest BCUT2D eigenvalue weighted by atomic mass is 10.1. The van der Waals surface area contributed by atoms with Crippen molar-refractivity contribution in [1.29, 1.82) is 0 Å². The van der Waals surface area contributed by atoms with Crippen molar-refractivity contribution in [3.63, 3.8) is 0 Å². The molecule has 0 atom stereocenters. The highest BCUT2D eigenvalue weighted by Crippen LogP contribution is 2.12. The Bertz CT molecular complexity index is 848. The van der Waals surface area contributed by atoms with E-state index in [9.17, 15) is 4.79 Å². The van der Waals surface area contributed by atoms with E-state index in [1.54, 1.807) is 38.5 Å². The standard InChI is InChI=1S/C22H31N7O2/c1-27(2)20(30)17-26-22(25-12-9-18-5-7-19(31-3)8-6-18)29-15-13-28(14-16-29)21-23-10-4-11-24-21/h4-8,10-11H,9,12-17H2,1-3H3,(H,25,26). The molecule has 9 nitrogen and oxygen atoms in total. The highest BCUT2D eigenvalue weighted by atomic mass is 16.5. The lowest BCUT2D eigenvalue weighted by Gasteiger charge is -2.36. The summed E-state index contributed by atoms with van der Waals surface area (Å²) in [4.78, 5) is 31.2. The first kappa shape index (κ1) is 22.3. The summed E-state index contributed by atoms with van der Waals surface area (Å²) < 4.78 is 5.22. The number of aliphatic imine (C=N–C) groups is 1. The summed E-state index contributed by atoms with van der Waals surface area (Å²) in [7, 11) is 5.15. The maximum Gasteiger partial charge on any atom is 0.243 e. The van der Waals surface area contributed by atoms with Crippen LogP contribution in [0.5, 0.6) is 5.75 Å². The number of rotatable bonds is 7. The van der Waals surface area contributed by atoms with Gasteiger partial charge in [-0.1, -0.05) is 12.1 Å². The van der Waals surface area contributed by atoms with Gasteiger partial charge in [-0.15, -0.1) is 0 Å². The van der Waals surface area contributed by atoms with Crippen molar-refractivity contribution in [3.8, 4) is 5.75 Å². The van der Waals surface area contributed by atoms with Gasteiger partial charge in [0.15, 0.2) is 5.96 Å². The van der Waals surface area contributed by atoms with Crippen LogP contribution in [0.2, 0.25) is 0 Å². The number of ether oxygens (including phenoxy) is 1. The van der Waals surface area contributed by atoms with Gasteiger partial charge in [0.2, 0.25) is 11.9 Å². The fraction of sp³-hybridized carbons (Fsp3) is 0.455. The number of nitrogens with zero attached hydrogens (tertiary/aromatic N) is 6. The Morgan fingerprint density at radius 3 is 2.42 bits per heavy atom. The van der Waals surface area contributed by atoms with Crippen molar-refractivity contribution < 1.29 is 9.53 Å². The van der Waals surface area contributed by atoms with Gasteiger partial charge in [0.1, 0.15) is 12.3 Å². The Balaban J connectivity index is 1.59. The third kappa shape index (κ3) is 6.56. The average molecular weight is 426 g/mol. The van der Waals surface area contributed by atoms with Gasteiger partial charge in [0.25, 0.3) is 0 Å². The maximum atomic E-state index is 12.1. The molecule has 1 N–H and O–H groups in total. The third-order valence-electron chi connectivity index (χ3n) is 5.13. The third-order valence-corrected chi connectivity index (χ3v) is 5.13. The number of benzene rings is 1. The number of hydrogen-bond donors (Lipinski definition) is 1. The molecule has 3 rings (SSSR count). The van der Waals surface area contributed by atoms with Crippen LogP contribution >= 0.6 is 0 Å². The predicted molar refractivity (Wildman–Crippen MR) is 122 cm³/mol. The zero-order chi connectivity index (χ0) is 22.1. The maximum absolute atomic E-state index is 12.1. The molecule has 2 heterocycles. The van der Waals surface area contributed by atoms with E-state index < -0.39 is 0 Å². The number of carbonyl (C=O) groups excluding carboxylic acids is 1. The molecule has 1 aliphatic rings. The summed E-state index contributed by atoms with van der Waals surface area (Å²) in [6, 6.07) is 9.87. The molecule has 1 aromatic carbocycles. The number of likely N-dealkylation sites (N-methyl/N-ethyl adjacent to an activating group) is 1. The van der Waals surface area contributed by atoms with Crippen LogP contribution < -0.4 is 15.0 Å². The van der Waals surface area contributed by atoms with Gasteiger partial charge in [-0.2, -0.15) is 0 Å². The van der Waals surface area contributed by atoms with E-state index in [1.165, 1.54) is 5.56 Å². The van der Waals surface area contributed by atoms with E-state index in [1.807, 2.05) is 18.2 Å². The molecule has 0 bridgehead atoms. The van der Waals surface area contributed by atoms with Crippen LogP contribution in [-0.4, -0.2) is 92.1 Å². The molecule has 1 aliphatic heterocycles. The van der Waals surface area contributed by atoms with E-state index in [0.29, 0.717) is 0 Å². The minimum absolute atomic E-state index is 0.0224. The van der Waals surface area contributed by atoms with Gasteiger partial charge in [-0.05, 0) is 30.2 Å². The van der Waals surface area contributed by atoms with Crippen molar-refractivity contribution >= 4 is 17.8 Å². The normalized spacial score (nSPS) is 14.4. The largest absolute Gasteiger partial charge is 0.497 e. The molecule has 0 radical (unpaired) electrons. The molecule has 0 aliphatic carbocycles. The predicted octanol–water partition coefficient (Wildman–Crippen LogP) is 0.884. The Hall–Kier alpha value is -3.36. The van der Waals surface area contributed by atoms with E-state index in [-0.39, 0.29) is 12.5 Å². The van der Waals surface area contributed by atoms with Crippen LogP contribution in [0.1, 0.15) is 5.56 Å². The first-order valence-corrected chi connectivity index (χ1v) is 10.4. The topological polar surface area (TPSA) is 86.2 Å². The van der Waals surface area contributed by atoms with E-state index >= 15 is 0 Å². The van der Waals surface area contributed by atoms with Crippen molar-refractivity contribution in [2.45, 2.75) is 6.42 Å². The molecule has 0 spiro atoms. The second kappa shape index (κ2) is 11.1. The van der Waals surface area contributed by atoms with Gasteiger partial charge in [-0.3, -0.25) is 4.79 Å². The molecule has 31 heavy (non-hydrogen) atoms. The van der Waals surface area contributed by atoms with Crippen molar-refractivity contribution in [3.05, 3.63) is 48.3 Å². The number of amides is 1. The summed E-state index contributed by atoms with van der Waals surface area (Å²) >= 11 is 0. The molecule has 0 unspecified atom stereocenters. The SMILES string of the molecule is COc1ccc(CCNC(=NCC(=O)N(C)C)N2CCN(c3ncccn3)CC2)cc1. The van der Waals surface area contributed by atoms with Crippen LogP contribution in [0.3, 0.4) is 0 Å². The summed E-state index contributed by atoms with van der Waals surface area (Å²) in [5.74, 6) is 2.33. The molecule has 166 valence electrons. The lowest BCUT2D eigenvalue weighted by Crippen LogP contribution is -2.53. The van der Waals surface area contributed by atoms with Crippen LogP contribution in [0.4, 0.5) is 5.95 Å². The Kier molecular flexibility index (Phi) is 8.03. The van der Waals surface area contributed by atoms with Gasteiger partial charge >= 0.3 is 0 Å². The van der Waals surface area contributed by atoms with Gasteiger partial charge in [-0.25, -0.2) is 15.0 Å². The average Bonchev–Trinajstić information content (AvgIpc) is 2.82. The highest BCUT2D eigenvalue weighted by Gasteiger charge is 2.21. The van der Waals surface area contributed by atoms with Gasteiger partial charge < -0.3 is 24.8 Å². The summed E-state index contributed by atoms with van der Waals surface area (Å²) in [5.41, 5.74) is 1.21. The Labute approximate surface area is 183 Å². The number of aromatic nitrogens is 2. The fourth-order valence-corrected chi connectivity index (χ4v) is 3.24. The van der Waals surface area contributed by atoms with Crippen LogP contribution in [0.25, 0.3) is 0 Å². The number of nitrogens with one attached hydrogen (secondary N) is 1. The molecule has 1 amide bonds. The van der Waals surface area contributed by atoms with Crippen LogP contribution in [-0.2, 0) is 11.2 Å². The number of guanidine groups is 1. The molecule has 0 saturated carbocycles. The lowest BCUT2D eigenvalue weighted by molar-refractivity contribution is -0.127. The molecule has 1 aromatic heterocycles. The number of piperazine rings is 1. The minimum atomic E-state index is -0.0224. The smallest absolute Gasteiger partial charge is 0.243 e. The summed E-state index contributed by atoms with van der Waals surface area (Å²) in [6.07, 6.45) is 4.37. The zero-order valence-corrected chi connectivity index (χ0v) is 18.5. The minimum Gasteiger partial charge on any atom is -0.497 e. The molecule has 1 fully saturated rings. The van der Waals surface area contributed by atoms with Crippen LogP contribution in [0, 0.1) is 0 Å². The summed E-state index contributed by atoms with van der Waals surface area (Å²) in [6.45, 7) is 4.00. The number of carbonyl (C=O) groups is 1. The number of hydrogen-bond acceptors (Lipinski definition) is 6. The Morgan fingerprint density at radius 2 is 1.81 bits per heavy atom. The second-order valence-electron chi connectivity index (χ2n) is 7.48. The number of anilines is 1. The first-order chi connectivity index (χ1) is 15.1.